The van der Waals surface area contributed by atoms with Gasteiger partial charge in [-0.2, -0.15) is 0 Å². The van der Waals surface area contributed by atoms with E-state index in [-0.39, 0.29) is 11.1 Å². The van der Waals surface area contributed by atoms with E-state index in [2.05, 4.69) is 21.4 Å². The smallest absolute Gasteiger partial charge is 0.142 e. The van der Waals surface area contributed by atoms with Crippen molar-refractivity contribution in [1.29, 1.82) is 0 Å². The molecule has 0 aromatic heterocycles. The van der Waals surface area contributed by atoms with Crippen LogP contribution in [0, 0.1) is 5.82 Å². The highest BCUT2D eigenvalue weighted by Crippen LogP contribution is 2.29. The third kappa shape index (κ3) is 3.71. The van der Waals surface area contributed by atoms with Crippen molar-refractivity contribution in [2.24, 2.45) is 5.84 Å². The fourth-order valence-corrected chi connectivity index (χ4v) is 3.02. The van der Waals surface area contributed by atoms with Gasteiger partial charge in [-0.25, -0.2) is 4.39 Å². The Morgan fingerprint density at radius 1 is 1.20 bits per heavy atom. The monoisotopic (exact) mass is 376 g/mol. The Morgan fingerprint density at radius 2 is 1.95 bits per heavy atom. The fourth-order valence-electron chi connectivity index (χ4n) is 1.95. The summed E-state index contributed by atoms with van der Waals surface area (Å²) in [7, 11) is 0. The van der Waals surface area contributed by atoms with Gasteiger partial charge in [0.15, 0.2) is 0 Å². The predicted molar refractivity (Wildman–Crippen MR) is 84.3 cm³/mol. The summed E-state index contributed by atoms with van der Waals surface area (Å²) < 4.78 is 14.3. The van der Waals surface area contributed by atoms with Crippen molar-refractivity contribution in [3.05, 3.63) is 67.9 Å². The number of rotatable bonds is 4. The van der Waals surface area contributed by atoms with Crippen molar-refractivity contribution in [3.63, 3.8) is 0 Å². The van der Waals surface area contributed by atoms with E-state index < -0.39 is 5.82 Å². The zero-order valence-electron chi connectivity index (χ0n) is 10.3. The van der Waals surface area contributed by atoms with Crippen LogP contribution in [0.5, 0.6) is 0 Å². The molecule has 0 aliphatic carbocycles. The SMILES string of the molecule is NNC(Cc1ccc(Cl)c(F)c1)c1ccc(Cl)cc1Br. The van der Waals surface area contributed by atoms with E-state index >= 15 is 0 Å². The summed E-state index contributed by atoms with van der Waals surface area (Å²) in [6.07, 6.45) is 0.533. The molecule has 0 amide bonds. The van der Waals surface area contributed by atoms with Crippen LogP contribution in [0.25, 0.3) is 0 Å². The molecule has 106 valence electrons. The Labute approximate surface area is 135 Å². The highest BCUT2D eigenvalue weighted by Gasteiger charge is 2.15. The lowest BCUT2D eigenvalue weighted by Crippen LogP contribution is -2.29. The van der Waals surface area contributed by atoms with Crippen LogP contribution in [0.4, 0.5) is 4.39 Å². The van der Waals surface area contributed by atoms with Crippen molar-refractivity contribution in [2.75, 3.05) is 0 Å². The molecule has 0 saturated heterocycles. The van der Waals surface area contributed by atoms with E-state index in [0.29, 0.717) is 11.4 Å². The van der Waals surface area contributed by atoms with E-state index in [1.807, 2.05) is 6.07 Å². The van der Waals surface area contributed by atoms with Crippen LogP contribution >= 0.6 is 39.1 Å². The summed E-state index contributed by atoms with van der Waals surface area (Å²) in [5.41, 5.74) is 4.49. The van der Waals surface area contributed by atoms with Crippen molar-refractivity contribution in [2.45, 2.75) is 12.5 Å². The number of hydrogen-bond donors (Lipinski definition) is 2. The van der Waals surface area contributed by atoms with Gasteiger partial charge in [0.2, 0.25) is 0 Å². The molecular weight excluding hydrogens is 366 g/mol. The molecule has 0 fully saturated rings. The van der Waals surface area contributed by atoms with Gasteiger partial charge >= 0.3 is 0 Å². The summed E-state index contributed by atoms with van der Waals surface area (Å²) >= 11 is 15.0. The van der Waals surface area contributed by atoms with Gasteiger partial charge in [-0.1, -0.05) is 51.3 Å². The van der Waals surface area contributed by atoms with Crippen LogP contribution < -0.4 is 11.3 Å². The zero-order chi connectivity index (χ0) is 14.7. The van der Waals surface area contributed by atoms with Crippen LogP contribution in [0.15, 0.2) is 40.9 Å². The summed E-state index contributed by atoms with van der Waals surface area (Å²) in [5, 5.41) is 0.743. The highest BCUT2D eigenvalue weighted by atomic mass is 79.9. The van der Waals surface area contributed by atoms with Crippen molar-refractivity contribution in [1.82, 2.24) is 5.43 Å². The average Bonchev–Trinajstić information content (AvgIpc) is 2.41. The van der Waals surface area contributed by atoms with E-state index in [0.717, 1.165) is 15.6 Å². The predicted octanol–water partition coefficient (Wildman–Crippen LogP) is 4.64. The number of hydrogen-bond acceptors (Lipinski definition) is 2. The molecule has 2 nitrogen and oxygen atoms in total. The molecule has 0 aliphatic rings. The molecule has 2 aromatic carbocycles. The lowest BCUT2D eigenvalue weighted by Gasteiger charge is -2.18. The van der Waals surface area contributed by atoms with Crippen LogP contribution in [0.1, 0.15) is 17.2 Å². The molecule has 6 heteroatoms. The van der Waals surface area contributed by atoms with E-state index in [4.69, 9.17) is 29.0 Å². The van der Waals surface area contributed by atoms with Gasteiger partial charge in [0.1, 0.15) is 5.82 Å². The van der Waals surface area contributed by atoms with E-state index in [9.17, 15) is 4.39 Å². The number of nitrogens with two attached hydrogens (primary N) is 1. The first-order valence-electron chi connectivity index (χ1n) is 5.86. The van der Waals surface area contributed by atoms with Crippen LogP contribution in [0.2, 0.25) is 10.0 Å². The van der Waals surface area contributed by atoms with Gasteiger partial charge in [-0.05, 0) is 41.8 Å². The normalized spacial score (nSPS) is 12.4. The molecule has 1 atom stereocenters. The molecule has 2 rings (SSSR count). The Bertz CT molecular complexity index is 622. The van der Waals surface area contributed by atoms with Crippen LogP contribution in [0.3, 0.4) is 0 Å². The standard InChI is InChI=1S/C14H12BrCl2FN2/c15-11-7-9(16)2-3-10(11)14(20-19)6-8-1-4-12(17)13(18)5-8/h1-5,7,14,20H,6,19H2. The quantitative estimate of drug-likeness (QED) is 0.601. The Kier molecular flexibility index (Phi) is 5.41. The molecule has 0 heterocycles. The van der Waals surface area contributed by atoms with Crippen LogP contribution in [-0.2, 0) is 6.42 Å². The Balaban J connectivity index is 2.26. The first kappa shape index (κ1) is 15.7. The lowest BCUT2D eigenvalue weighted by atomic mass is 9.99. The molecular formula is C14H12BrCl2FN2. The van der Waals surface area contributed by atoms with Gasteiger partial charge in [-0.3, -0.25) is 11.3 Å². The summed E-state index contributed by atoms with van der Waals surface area (Å²) in [6, 6.07) is 10.0. The summed E-state index contributed by atoms with van der Waals surface area (Å²) in [4.78, 5) is 0. The van der Waals surface area contributed by atoms with Gasteiger partial charge in [0.05, 0.1) is 11.1 Å². The second kappa shape index (κ2) is 6.87. The fraction of sp³-hybridized carbons (Fsp3) is 0.143. The van der Waals surface area contributed by atoms with Gasteiger partial charge < -0.3 is 0 Å². The lowest BCUT2D eigenvalue weighted by molar-refractivity contribution is 0.547. The minimum absolute atomic E-state index is 0.110. The van der Waals surface area contributed by atoms with Crippen LogP contribution in [-0.4, -0.2) is 0 Å². The maximum Gasteiger partial charge on any atom is 0.142 e. The first-order valence-corrected chi connectivity index (χ1v) is 7.41. The number of nitrogens with one attached hydrogen (secondary N) is 1. The van der Waals surface area contributed by atoms with Crippen molar-refractivity contribution < 1.29 is 4.39 Å². The number of benzene rings is 2. The molecule has 0 spiro atoms. The molecule has 0 aliphatic heterocycles. The molecule has 20 heavy (non-hydrogen) atoms. The molecule has 3 N–H and O–H groups in total. The van der Waals surface area contributed by atoms with E-state index in [1.165, 1.54) is 12.1 Å². The second-order valence-corrected chi connectivity index (χ2v) is 6.04. The molecule has 0 radical (unpaired) electrons. The van der Waals surface area contributed by atoms with E-state index in [1.54, 1.807) is 18.2 Å². The first-order chi connectivity index (χ1) is 9.51. The minimum Gasteiger partial charge on any atom is -0.271 e. The summed E-state index contributed by atoms with van der Waals surface area (Å²) in [5.74, 6) is 5.17. The third-order valence-corrected chi connectivity index (χ3v) is 4.19. The number of halogens is 4. The topological polar surface area (TPSA) is 38.0 Å². The Hall–Kier alpha value is -0.650. The molecule has 1 unspecified atom stereocenters. The van der Waals surface area contributed by atoms with Crippen molar-refractivity contribution in [3.8, 4) is 0 Å². The highest BCUT2D eigenvalue weighted by molar-refractivity contribution is 9.10. The second-order valence-electron chi connectivity index (χ2n) is 4.34. The maximum atomic E-state index is 13.5. The van der Waals surface area contributed by atoms with Gasteiger partial charge in [-0.15, -0.1) is 0 Å². The van der Waals surface area contributed by atoms with Gasteiger partial charge in [0, 0.05) is 9.50 Å². The largest absolute Gasteiger partial charge is 0.271 e. The molecule has 0 bridgehead atoms. The van der Waals surface area contributed by atoms with Crippen molar-refractivity contribution >= 4 is 39.1 Å². The summed E-state index contributed by atoms with van der Waals surface area (Å²) in [6.45, 7) is 0. The number of hydrazine groups is 1. The van der Waals surface area contributed by atoms with Gasteiger partial charge in [0.25, 0.3) is 0 Å². The third-order valence-electron chi connectivity index (χ3n) is 2.96. The minimum atomic E-state index is -0.435. The maximum absolute atomic E-state index is 13.5. The zero-order valence-corrected chi connectivity index (χ0v) is 13.4. The molecule has 2 aromatic rings. The Morgan fingerprint density at radius 3 is 2.55 bits per heavy atom. The molecule has 0 saturated carbocycles. The average molecular weight is 378 g/mol.